The highest BCUT2D eigenvalue weighted by molar-refractivity contribution is 14.0. The number of aryl methyl sites for hydroxylation is 1. The molecule has 2 rings (SSSR count). The highest BCUT2D eigenvalue weighted by Crippen LogP contribution is 2.22. The molecule has 0 aromatic heterocycles. The molecule has 21 heavy (non-hydrogen) atoms. The number of halogens is 1. The molecule has 1 aliphatic rings. The van der Waals surface area contributed by atoms with Gasteiger partial charge in [-0.1, -0.05) is 12.1 Å². The Morgan fingerprint density at radius 1 is 1.33 bits per heavy atom. The van der Waals surface area contributed by atoms with Crippen molar-refractivity contribution in [3.63, 3.8) is 0 Å². The molecule has 0 radical (unpaired) electrons. The molecular formula is C16H26IN3O. The summed E-state index contributed by atoms with van der Waals surface area (Å²) in [6, 6.07) is 6.89. The summed E-state index contributed by atoms with van der Waals surface area (Å²) >= 11 is 0. The molecule has 118 valence electrons. The molecule has 0 aliphatic heterocycles. The minimum Gasteiger partial charge on any atom is -0.494 e. The van der Waals surface area contributed by atoms with Gasteiger partial charge < -0.3 is 15.4 Å². The Balaban J connectivity index is 0.00000220. The number of nitrogens with zero attached hydrogens (tertiary/aromatic N) is 1. The van der Waals surface area contributed by atoms with Gasteiger partial charge >= 0.3 is 0 Å². The normalized spacial score (nSPS) is 14.3. The maximum atomic E-state index is 5.69. The largest absolute Gasteiger partial charge is 0.494 e. The summed E-state index contributed by atoms with van der Waals surface area (Å²) in [5, 5.41) is 6.71. The molecule has 0 atom stereocenters. The minimum atomic E-state index is 0. The van der Waals surface area contributed by atoms with Crippen molar-refractivity contribution in [2.45, 2.75) is 46.2 Å². The number of ether oxygens (including phenoxy) is 1. The lowest BCUT2D eigenvalue weighted by atomic mass is 10.1. The van der Waals surface area contributed by atoms with Gasteiger partial charge in [-0.15, -0.1) is 24.0 Å². The lowest BCUT2D eigenvalue weighted by Gasteiger charge is -2.12. The van der Waals surface area contributed by atoms with E-state index in [0.717, 1.165) is 23.8 Å². The maximum absolute atomic E-state index is 5.69. The van der Waals surface area contributed by atoms with Crippen molar-refractivity contribution in [3.8, 4) is 5.75 Å². The van der Waals surface area contributed by atoms with Gasteiger partial charge in [0, 0.05) is 18.2 Å². The summed E-state index contributed by atoms with van der Waals surface area (Å²) in [4.78, 5) is 4.65. The monoisotopic (exact) mass is 403 g/mol. The van der Waals surface area contributed by atoms with Crippen LogP contribution in [0.1, 0.15) is 37.8 Å². The van der Waals surface area contributed by atoms with Crippen LogP contribution in [0.15, 0.2) is 23.2 Å². The molecule has 1 saturated carbocycles. The summed E-state index contributed by atoms with van der Waals surface area (Å²) in [5.41, 5.74) is 2.34. The first-order valence-corrected chi connectivity index (χ1v) is 7.50. The van der Waals surface area contributed by atoms with Crippen LogP contribution < -0.4 is 15.4 Å². The van der Waals surface area contributed by atoms with Crippen molar-refractivity contribution >= 4 is 29.9 Å². The third kappa shape index (κ3) is 6.11. The average Bonchev–Trinajstić information content (AvgIpc) is 3.22. The molecule has 2 N–H and O–H groups in total. The highest BCUT2D eigenvalue weighted by atomic mass is 127. The average molecular weight is 403 g/mol. The molecule has 1 aromatic rings. The Morgan fingerprint density at radius 2 is 2.10 bits per heavy atom. The zero-order valence-corrected chi connectivity index (χ0v) is 15.4. The first-order valence-electron chi connectivity index (χ1n) is 7.50. The number of nitrogens with one attached hydrogen (secondary N) is 2. The van der Waals surface area contributed by atoms with Crippen LogP contribution in [-0.4, -0.2) is 25.2 Å². The van der Waals surface area contributed by atoms with E-state index in [0.29, 0.717) is 19.2 Å². The van der Waals surface area contributed by atoms with Crippen molar-refractivity contribution in [1.29, 1.82) is 0 Å². The molecule has 0 saturated heterocycles. The van der Waals surface area contributed by atoms with E-state index in [1.165, 1.54) is 18.4 Å². The lowest BCUT2D eigenvalue weighted by molar-refractivity contribution is 0.336. The van der Waals surface area contributed by atoms with Crippen LogP contribution in [0.25, 0.3) is 0 Å². The van der Waals surface area contributed by atoms with Gasteiger partial charge in [-0.2, -0.15) is 0 Å². The molecule has 1 fully saturated rings. The van der Waals surface area contributed by atoms with Gasteiger partial charge in [-0.05, 0) is 45.2 Å². The Hall–Kier alpha value is -0.980. The smallest absolute Gasteiger partial charge is 0.191 e. The Bertz CT molecular complexity index is 473. The molecule has 0 spiro atoms. The van der Waals surface area contributed by atoms with Gasteiger partial charge in [0.15, 0.2) is 5.96 Å². The zero-order valence-electron chi connectivity index (χ0n) is 13.1. The van der Waals surface area contributed by atoms with Gasteiger partial charge in [0.05, 0.1) is 13.2 Å². The summed E-state index contributed by atoms with van der Waals surface area (Å²) in [7, 11) is 0. The SMILES string of the molecule is CCNC(=NCc1ccc(C)cc1OCC)NC1CC1.I. The van der Waals surface area contributed by atoms with E-state index in [9.17, 15) is 0 Å². The van der Waals surface area contributed by atoms with Gasteiger partial charge in [-0.3, -0.25) is 0 Å². The molecular weight excluding hydrogens is 377 g/mol. The summed E-state index contributed by atoms with van der Waals surface area (Å²) < 4.78 is 5.69. The summed E-state index contributed by atoms with van der Waals surface area (Å²) in [6.45, 7) is 8.37. The second-order valence-corrected chi connectivity index (χ2v) is 5.16. The number of aliphatic imine (C=N–C) groups is 1. The maximum Gasteiger partial charge on any atom is 0.191 e. The highest BCUT2D eigenvalue weighted by Gasteiger charge is 2.22. The van der Waals surface area contributed by atoms with Crippen molar-refractivity contribution in [2.24, 2.45) is 4.99 Å². The number of guanidine groups is 1. The summed E-state index contributed by atoms with van der Waals surface area (Å²) in [5.74, 6) is 1.84. The number of rotatable bonds is 6. The first kappa shape index (κ1) is 18.1. The second-order valence-electron chi connectivity index (χ2n) is 5.16. The van der Waals surface area contributed by atoms with Crippen LogP contribution in [0.2, 0.25) is 0 Å². The van der Waals surface area contributed by atoms with E-state index in [1.54, 1.807) is 0 Å². The topological polar surface area (TPSA) is 45.7 Å². The molecule has 0 heterocycles. The summed E-state index contributed by atoms with van der Waals surface area (Å²) in [6.07, 6.45) is 2.50. The fourth-order valence-electron chi connectivity index (χ4n) is 1.99. The minimum absolute atomic E-state index is 0. The molecule has 0 amide bonds. The fourth-order valence-corrected chi connectivity index (χ4v) is 1.99. The van der Waals surface area contributed by atoms with Crippen LogP contribution in [0.3, 0.4) is 0 Å². The Morgan fingerprint density at radius 3 is 2.71 bits per heavy atom. The van der Waals surface area contributed by atoms with Crippen LogP contribution in [0.4, 0.5) is 0 Å². The van der Waals surface area contributed by atoms with E-state index in [4.69, 9.17) is 4.74 Å². The molecule has 5 heteroatoms. The number of hydrogen-bond donors (Lipinski definition) is 2. The van der Waals surface area contributed by atoms with Gasteiger partial charge in [-0.25, -0.2) is 4.99 Å². The van der Waals surface area contributed by atoms with Gasteiger partial charge in [0.25, 0.3) is 0 Å². The predicted octanol–water partition coefficient (Wildman–Crippen LogP) is 3.23. The van der Waals surface area contributed by atoms with Crippen LogP contribution in [0, 0.1) is 6.92 Å². The third-order valence-corrected chi connectivity index (χ3v) is 3.19. The Kier molecular flexibility index (Phi) is 7.85. The molecule has 1 aliphatic carbocycles. The van der Waals surface area contributed by atoms with Crippen molar-refractivity contribution in [1.82, 2.24) is 10.6 Å². The molecule has 1 aromatic carbocycles. The van der Waals surface area contributed by atoms with E-state index in [2.05, 4.69) is 47.7 Å². The molecule has 0 bridgehead atoms. The Labute approximate surface area is 144 Å². The van der Waals surface area contributed by atoms with Crippen molar-refractivity contribution < 1.29 is 4.74 Å². The fraction of sp³-hybridized carbons (Fsp3) is 0.562. The van der Waals surface area contributed by atoms with Crippen molar-refractivity contribution in [2.75, 3.05) is 13.2 Å². The van der Waals surface area contributed by atoms with E-state index in [-0.39, 0.29) is 24.0 Å². The van der Waals surface area contributed by atoms with Gasteiger partial charge in [0.2, 0.25) is 0 Å². The molecule has 0 unspecified atom stereocenters. The van der Waals surface area contributed by atoms with E-state index < -0.39 is 0 Å². The molecule has 4 nitrogen and oxygen atoms in total. The van der Waals surface area contributed by atoms with Crippen molar-refractivity contribution in [3.05, 3.63) is 29.3 Å². The first-order chi connectivity index (χ1) is 9.72. The lowest BCUT2D eigenvalue weighted by Crippen LogP contribution is -2.38. The van der Waals surface area contributed by atoms with Crippen LogP contribution in [0.5, 0.6) is 5.75 Å². The zero-order chi connectivity index (χ0) is 14.4. The second kappa shape index (κ2) is 9.12. The third-order valence-electron chi connectivity index (χ3n) is 3.19. The quantitative estimate of drug-likeness (QED) is 0.436. The van der Waals surface area contributed by atoms with Crippen LogP contribution in [-0.2, 0) is 6.54 Å². The predicted molar refractivity (Wildman–Crippen MR) is 98.7 cm³/mol. The standard InChI is InChI=1S/C16H25N3O.HI/c1-4-17-16(19-14-8-9-14)18-11-13-7-6-12(3)10-15(13)20-5-2;/h6-7,10,14H,4-5,8-9,11H2,1-3H3,(H2,17,18,19);1H. The van der Waals surface area contributed by atoms with E-state index >= 15 is 0 Å². The van der Waals surface area contributed by atoms with E-state index in [1.807, 2.05) is 6.92 Å². The van der Waals surface area contributed by atoms with Crippen LogP contribution >= 0.6 is 24.0 Å². The number of hydrogen-bond acceptors (Lipinski definition) is 2. The van der Waals surface area contributed by atoms with Gasteiger partial charge in [0.1, 0.15) is 5.75 Å². The number of benzene rings is 1.